The maximum absolute atomic E-state index is 12.0. The lowest BCUT2D eigenvalue weighted by Gasteiger charge is -2.21. The lowest BCUT2D eigenvalue weighted by molar-refractivity contribution is -0.147. The number of cyclic esters (lactones) is 1. The summed E-state index contributed by atoms with van der Waals surface area (Å²) >= 11 is 0. The lowest BCUT2D eigenvalue weighted by Crippen LogP contribution is -2.33. The highest BCUT2D eigenvalue weighted by Crippen LogP contribution is 2.22. The highest BCUT2D eigenvalue weighted by molar-refractivity contribution is 5.90. The van der Waals surface area contributed by atoms with Crippen molar-refractivity contribution in [3.8, 4) is 0 Å². The third-order valence-electron chi connectivity index (χ3n) is 3.91. The topological polar surface area (TPSA) is 117 Å². The summed E-state index contributed by atoms with van der Waals surface area (Å²) in [6.07, 6.45) is -2.95. The minimum absolute atomic E-state index is 0.300. The largest absolute Gasteiger partial charge is 0.505 e. The van der Waals surface area contributed by atoms with E-state index in [1.807, 2.05) is 13.8 Å². The number of benzene rings is 1. The van der Waals surface area contributed by atoms with Crippen molar-refractivity contribution in [3.05, 3.63) is 41.3 Å². The fourth-order valence-electron chi connectivity index (χ4n) is 2.46. The van der Waals surface area contributed by atoms with Crippen molar-refractivity contribution in [1.82, 2.24) is 0 Å². The second-order valence-corrected chi connectivity index (χ2v) is 5.44. The van der Waals surface area contributed by atoms with Crippen molar-refractivity contribution < 1.29 is 34.4 Å². The normalized spacial score (nSPS) is 18.0. The first-order chi connectivity index (χ1) is 11.9. The molecule has 0 saturated heterocycles. The van der Waals surface area contributed by atoms with Crippen LogP contribution in [0.15, 0.2) is 35.8 Å². The summed E-state index contributed by atoms with van der Waals surface area (Å²) in [6, 6.07) is 6.82. The van der Waals surface area contributed by atoms with Gasteiger partial charge in [-0.25, -0.2) is 9.59 Å². The van der Waals surface area contributed by atoms with Gasteiger partial charge in [0.2, 0.25) is 5.76 Å². The number of anilines is 1. The minimum Gasteiger partial charge on any atom is -0.505 e. The molecule has 0 bridgehead atoms. The molecule has 8 heteroatoms. The quantitative estimate of drug-likeness (QED) is 0.630. The summed E-state index contributed by atoms with van der Waals surface area (Å²) < 4.78 is 9.56. The third-order valence-corrected chi connectivity index (χ3v) is 3.91. The molecule has 8 nitrogen and oxygen atoms in total. The van der Waals surface area contributed by atoms with Crippen LogP contribution in [0.2, 0.25) is 0 Å². The van der Waals surface area contributed by atoms with Crippen molar-refractivity contribution in [2.24, 2.45) is 0 Å². The second kappa shape index (κ2) is 7.89. The number of nitrogens with zero attached hydrogens (tertiary/aromatic N) is 1. The summed E-state index contributed by atoms with van der Waals surface area (Å²) in [4.78, 5) is 25.2. The van der Waals surface area contributed by atoms with Crippen LogP contribution < -0.4 is 4.90 Å². The van der Waals surface area contributed by atoms with Gasteiger partial charge in [-0.2, -0.15) is 0 Å². The number of hydrogen-bond donors (Lipinski definition) is 3. The van der Waals surface area contributed by atoms with Gasteiger partial charge < -0.3 is 29.7 Å². The number of aliphatic hydroxyl groups is 3. The van der Waals surface area contributed by atoms with E-state index in [0.717, 1.165) is 18.8 Å². The van der Waals surface area contributed by atoms with Crippen molar-refractivity contribution in [2.75, 3.05) is 24.6 Å². The van der Waals surface area contributed by atoms with Crippen molar-refractivity contribution in [3.63, 3.8) is 0 Å². The molecule has 25 heavy (non-hydrogen) atoms. The zero-order valence-corrected chi connectivity index (χ0v) is 14.0. The summed E-state index contributed by atoms with van der Waals surface area (Å²) in [5.41, 5.74) is 1.28. The Balaban J connectivity index is 1.93. The van der Waals surface area contributed by atoms with Gasteiger partial charge in [0.05, 0.1) is 5.56 Å². The molecular formula is C17H21NO7. The van der Waals surface area contributed by atoms with Gasteiger partial charge in [0.15, 0.2) is 11.9 Å². The van der Waals surface area contributed by atoms with E-state index in [4.69, 9.17) is 4.74 Å². The van der Waals surface area contributed by atoms with E-state index in [2.05, 4.69) is 9.64 Å². The van der Waals surface area contributed by atoms with Crippen LogP contribution in [0.4, 0.5) is 5.69 Å². The third kappa shape index (κ3) is 4.03. The molecule has 2 atom stereocenters. The monoisotopic (exact) mass is 351 g/mol. The second-order valence-electron chi connectivity index (χ2n) is 5.44. The average Bonchev–Trinajstić information content (AvgIpc) is 2.88. The molecule has 0 aromatic heterocycles. The highest BCUT2D eigenvalue weighted by Gasteiger charge is 2.39. The molecule has 0 spiro atoms. The van der Waals surface area contributed by atoms with E-state index in [0.29, 0.717) is 5.56 Å². The smallest absolute Gasteiger partial charge is 0.377 e. The molecule has 136 valence electrons. The van der Waals surface area contributed by atoms with Crippen LogP contribution in [0.5, 0.6) is 0 Å². The molecule has 0 aliphatic carbocycles. The zero-order chi connectivity index (χ0) is 18.6. The summed E-state index contributed by atoms with van der Waals surface area (Å²) in [6.45, 7) is 5.24. The number of aliphatic hydroxyl groups excluding tert-OH is 3. The summed E-state index contributed by atoms with van der Waals surface area (Å²) in [7, 11) is 0. The Hall–Kier alpha value is -2.74. The van der Waals surface area contributed by atoms with E-state index in [1.54, 1.807) is 24.3 Å². The van der Waals surface area contributed by atoms with E-state index < -0.39 is 42.3 Å². The standard InChI is InChI=1S/C17H21NO7/c1-3-18(4-2)11-7-5-10(6-8-11)16(22)24-9-12(19)15-13(20)14(21)17(23)25-15/h5-8,12,15,19-21H,3-4,9H2,1-2H3. The van der Waals surface area contributed by atoms with Crippen LogP contribution in [0.25, 0.3) is 0 Å². The molecule has 1 heterocycles. The van der Waals surface area contributed by atoms with Crippen LogP contribution in [0.1, 0.15) is 24.2 Å². The Bertz CT molecular complexity index is 664. The molecule has 1 aliphatic heterocycles. The van der Waals surface area contributed by atoms with E-state index in [9.17, 15) is 24.9 Å². The average molecular weight is 351 g/mol. The van der Waals surface area contributed by atoms with Gasteiger partial charge in [-0.1, -0.05) is 0 Å². The van der Waals surface area contributed by atoms with Crippen molar-refractivity contribution in [2.45, 2.75) is 26.1 Å². The molecule has 2 rings (SSSR count). The molecule has 2 unspecified atom stereocenters. The molecule has 1 aromatic rings. The number of rotatable bonds is 7. The molecule has 0 fully saturated rings. The van der Waals surface area contributed by atoms with Gasteiger partial charge in [-0.05, 0) is 38.1 Å². The number of ether oxygens (including phenoxy) is 2. The molecule has 1 aromatic carbocycles. The first-order valence-electron chi connectivity index (χ1n) is 7.92. The Labute approximate surface area is 144 Å². The van der Waals surface area contributed by atoms with E-state index in [1.165, 1.54) is 0 Å². The number of esters is 2. The molecule has 0 amide bonds. The lowest BCUT2D eigenvalue weighted by atomic mass is 10.1. The molecule has 0 saturated carbocycles. The molecular weight excluding hydrogens is 330 g/mol. The molecule has 3 N–H and O–H groups in total. The summed E-state index contributed by atoms with van der Waals surface area (Å²) in [5.74, 6) is -3.54. The van der Waals surface area contributed by atoms with Crippen LogP contribution in [-0.2, 0) is 14.3 Å². The van der Waals surface area contributed by atoms with Crippen LogP contribution in [-0.4, -0.2) is 59.2 Å². The maximum Gasteiger partial charge on any atom is 0.377 e. The first kappa shape index (κ1) is 18.6. The summed E-state index contributed by atoms with van der Waals surface area (Å²) in [5, 5.41) is 28.5. The molecule has 0 radical (unpaired) electrons. The SMILES string of the molecule is CCN(CC)c1ccc(C(=O)OCC(O)C2OC(=O)C(O)=C2O)cc1. The predicted molar refractivity (Wildman–Crippen MR) is 88.5 cm³/mol. The Morgan fingerprint density at radius 3 is 2.32 bits per heavy atom. The Kier molecular flexibility index (Phi) is 5.87. The maximum atomic E-state index is 12.0. The fraction of sp³-hybridized carbons (Fsp3) is 0.412. The van der Waals surface area contributed by atoms with Gasteiger partial charge in [-0.15, -0.1) is 0 Å². The minimum atomic E-state index is -1.49. The van der Waals surface area contributed by atoms with E-state index >= 15 is 0 Å². The van der Waals surface area contributed by atoms with Crippen LogP contribution in [0.3, 0.4) is 0 Å². The number of carbonyl (C=O) groups excluding carboxylic acids is 2. The zero-order valence-electron chi connectivity index (χ0n) is 14.0. The number of hydrogen-bond acceptors (Lipinski definition) is 8. The van der Waals surface area contributed by atoms with Crippen LogP contribution in [0, 0.1) is 0 Å². The van der Waals surface area contributed by atoms with Gasteiger partial charge in [0.1, 0.15) is 12.7 Å². The van der Waals surface area contributed by atoms with Gasteiger partial charge >= 0.3 is 11.9 Å². The molecule has 1 aliphatic rings. The van der Waals surface area contributed by atoms with Gasteiger partial charge in [0, 0.05) is 18.8 Å². The van der Waals surface area contributed by atoms with Gasteiger partial charge in [0.25, 0.3) is 0 Å². The first-order valence-corrected chi connectivity index (χ1v) is 7.92. The fourth-order valence-corrected chi connectivity index (χ4v) is 2.46. The number of carbonyl (C=O) groups is 2. The van der Waals surface area contributed by atoms with E-state index in [-0.39, 0.29) is 0 Å². The highest BCUT2D eigenvalue weighted by atomic mass is 16.6. The van der Waals surface area contributed by atoms with Gasteiger partial charge in [-0.3, -0.25) is 0 Å². The Morgan fingerprint density at radius 1 is 1.24 bits per heavy atom. The van der Waals surface area contributed by atoms with Crippen molar-refractivity contribution in [1.29, 1.82) is 0 Å². The predicted octanol–water partition coefficient (Wildman–Crippen LogP) is 1.30. The van der Waals surface area contributed by atoms with Crippen LogP contribution >= 0.6 is 0 Å². The van der Waals surface area contributed by atoms with Crippen molar-refractivity contribution >= 4 is 17.6 Å². The Morgan fingerprint density at radius 2 is 1.84 bits per heavy atom.